The van der Waals surface area contributed by atoms with Gasteiger partial charge in [0.25, 0.3) is 5.91 Å². The predicted molar refractivity (Wildman–Crippen MR) is 104 cm³/mol. The summed E-state index contributed by atoms with van der Waals surface area (Å²) in [4.78, 5) is 22.9. The van der Waals surface area contributed by atoms with E-state index < -0.39 is 0 Å². The van der Waals surface area contributed by atoms with Gasteiger partial charge in [-0.15, -0.1) is 0 Å². The van der Waals surface area contributed by atoms with Crippen LogP contribution in [0.5, 0.6) is 0 Å². The molecule has 28 heavy (non-hydrogen) atoms. The third kappa shape index (κ3) is 4.07. The number of aryl methyl sites for hydroxylation is 3. The van der Waals surface area contributed by atoms with Crippen molar-refractivity contribution in [1.82, 2.24) is 20.0 Å². The number of carbonyl (C=O) groups excluding carboxylic acids is 1. The van der Waals surface area contributed by atoms with Crippen LogP contribution in [0.4, 0.5) is 0 Å². The number of nitriles is 1. The lowest BCUT2D eigenvalue weighted by Crippen LogP contribution is -2.29. The zero-order valence-electron chi connectivity index (χ0n) is 16.4. The van der Waals surface area contributed by atoms with E-state index in [1.165, 1.54) is 0 Å². The Morgan fingerprint density at radius 1 is 1.18 bits per heavy atom. The molecule has 1 amide bonds. The first kappa shape index (κ1) is 19.2. The van der Waals surface area contributed by atoms with Crippen molar-refractivity contribution in [2.45, 2.75) is 27.2 Å². The molecule has 7 heteroatoms. The minimum atomic E-state index is -0.0969. The molecule has 0 atom stereocenters. The summed E-state index contributed by atoms with van der Waals surface area (Å²) >= 11 is 0. The Morgan fingerprint density at radius 2 is 1.89 bits per heavy atom. The molecule has 0 saturated heterocycles. The highest BCUT2D eigenvalue weighted by molar-refractivity contribution is 5.94. The van der Waals surface area contributed by atoms with Gasteiger partial charge in [-0.2, -0.15) is 10.2 Å². The van der Waals surface area contributed by atoms with E-state index in [0.29, 0.717) is 41.5 Å². The maximum Gasteiger partial charge on any atom is 0.253 e. The molecule has 3 aromatic rings. The number of hydrogen-bond acceptors (Lipinski definition) is 6. The molecule has 0 saturated carbocycles. The van der Waals surface area contributed by atoms with Gasteiger partial charge in [-0.3, -0.25) is 9.78 Å². The van der Waals surface area contributed by atoms with Gasteiger partial charge in [0, 0.05) is 43.8 Å². The van der Waals surface area contributed by atoms with E-state index in [1.54, 1.807) is 31.0 Å². The van der Waals surface area contributed by atoms with Crippen LogP contribution in [0.15, 0.2) is 34.9 Å². The van der Waals surface area contributed by atoms with Crippen LogP contribution < -0.4 is 0 Å². The van der Waals surface area contributed by atoms with Crippen molar-refractivity contribution in [3.05, 3.63) is 64.4 Å². The van der Waals surface area contributed by atoms with E-state index >= 15 is 0 Å². The average Bonchev–Trinajstić information content (AvgIpc) is 3.12. The molecule has 0 N–H and O–H groups in total. The maximum absolute atomic E-state index is 12.6. The standard InChI is InChI=1S/C21H21N5O2/c1-13-11-18(12-22)20(23-14(13)2)16-5-7-17(8-6-16)21(27)26(4)10-9-19-24-15(3)28-25-19/h5-8,11H,9-10H2,1-4H3. The number of carbonyl (C=O) groups is 1. The van der Waals surface area contributed by atoms with Crippen LogP contribution in [-0.4, -0.2) is 39.5 Å². The number of likely N-dealkylation sites (N-methyl/N-ethyl adjacent to an activating group) is 1. The lowest BCUT2D eigenvalue weighted by atomic mass is 10.0. The van der Waals surface area contributed by atoms with E-state index in [4.69, 9.17) is 4.52 Å². The van der Waals surface area contributed by atoms with E-state index in [-0.39, 0.29) is 5.91 Å². The van der Waals surface area contributed by atoms with Gasteiger partial charge < -0.3 is 9.42 Å². The van der Waals surface area contributed by atoms with Crippen LogP contribution in [0.25, 0.3) is 11.3 Å². The van der Waals surface area contributed by atoms with Crippen LogP contribution in [0, 0.1) is 32.1 Å². The Balaban J connectivity index is 1.74. The number of amides is 1. The SMILES string of the molecule is Cc1nc(CCN(C)C(=O)c2ccc(-c3nc(C)c(C)cc3C#N)cc2)no1. The first-order valence-corrected chi connectivity index (χ1v) is 8.92. The fourth-order valence-electron chi connectivity index (χ4n) is 2.81. The Kier molecular flexibility index (Phi) is 5.50. The Morgan fingerprint density at radius 3 is 2.50 bits per heavy atom. The molecule has 1 aromatic carbocycles. The first-order valence-electron chi connectivity index (χ1n) is 8.92. The molecule has 0 fully saturated rings. The van der Waals surface area contributed by atoms with Gasteiger partial charge in [-0.05, 0) is 37.6 Å². The summed E-state index contributed by atoms with van der Waals surface area (Å²) in [5.41, 5.74) is 4.38. The fourth-order valence-corrected chi connectivity index (χ4v) is 2.81. The van der Waals surface area contributed by atoms with Crippen molar-refractivity contribution in [2.75, 3.05) is 13.6 Å². The molecule has 0 unspecified atom stereocenters. The van der Waals surface area contributed by atoms with Gasteiger partial charge in [-0.25, -0.2) is 0 Å². The molecule has 0 aliphatic heterocycles. The monoisotopic (exact) mass is 375 g/mol. The number of nitrogens with zero attached hydrogens (tertiary/aromatic N) is 5. The van der Waals surface area contributed by atoms with Gasteiger partial charge >= 0.3 is 0 Å². The lowest BCUT2D eigenvalue weighted by molar-refractivity contribution is 0.0796. The molecule has 0 radical (unpaired) electrons. The van der Waals surface area contributed by atoms with E-state index in [9.17, 15) is 10.1 Å². The van der Waals surface area contributed by atoms with Crippen LogP contribution in [0.1, 0.15) is 38.9 Å². The van der Waals surface area contributed by atoms with Crippen molar-refractivity contribution in [1.29, 1.82) is 5.26 Å². The van der Waals surface area contributed by atoms with E-state index in [0.717, 1.165) is 16.8 Å². The Bertz CT molecular complexity index is 1050. The number of aromatic nitrogens is 3. The Hall–Kier alpha value is -3.53. The molecular weight excluding hydrogens is 354 g/mol. The molecule has 0 bridgehead atoms. The molecule has 2 heterocycles. The third-order valence-corrected chi connectivity index (χ3v) is 4.58. The smallest absolute Gasteiger partial charge is 0.253 e. The summed E-state index contributed by atoms with van der Waals surface area (Å²) < 4.78 is 4.94. The second-order valence-corrected chi connectivity index (χ2v) is 6.68. The maximum atomic E-state index is 12.6. The normalized spacial score (nSPS) is 10.5. The molecule has 142 valence electrons. The number of benzene rings is 1. The van der Waals surface area contributed by atoms with Gasteiger partial charge in [0.1, 0.15) is 6.07 Å². The molecule has 7 nitrogen and oxygen atoms in total. The minimum Gasteiger partial charge on any atom is -0.341 e. The summed E-state index contributed by atoms with van der Waals surface area (Å²) in [6.07, 6.45) is 0.524. The molecular formula is C21H21N5O2. The number of hydrogen-bond donors (Lipinski definition) is 0. The van der Waals surface area contributed by atoms with Crippen LogP contribution in [0.3, 0.4) is 0 Å². The van der Waals surface area contributed by atoms with Gasteiger partial charge in [0.15, 0.2) is 5.82 Å². The zero-order chi connectivity index (χ0) is 20.3. The average molecular weight is 375 g/mol. The summed E-state index contributed by atoms with van der Waals surface area (Å²) in [7, 11) is 1.74. The quantitative estimate of drug-likeness (QED) is 0.679. The van der Waals surface area contributed by atoms with Gasteiger partial charge in [0.2, 0.25) is 5.89 Å². The Labute approximate surface area is 163 Å². The van der Waals surface area contributed by atoms with Crippen molar-refractivity contribution in [2.24, 2.45) is 0 Å². The topological polar surface area (TPSA) is 95.9 Å². The number of rotatable bonds is 5. The highest BCUT2D eigenvalue weighted by atomic mass is 16.5. The van der Waals surface area contributed by atoms with Gasteiger partial charge in [-0.1, -0.05) is 17.3 Å². The molecule has 2 aromatic heterocycles. The molecule has 0 aliphatic rings. The first-order chi connectivity index (χ1) is 13.4. The lowest BCUT2D eigenvalue weighted by Gasteiger charge is -2.16. The largest absolute Gasteiger partial charge is 0.341 e. The third-order valence-electron chi connectivity index (χ3n) is 4.58. The predicted octanol–water partition coefficient (Wildman–Crippen LogP) is 3.24. The second kappa shape index (κ2) is 8.01. The van der Waals surface area contributed by atoms with Crippen molar-refractivity contribution in [3.63, 3.8) is 0 Å². The van der Waals surface area contributed by atoms with Gasteiger partial charge in [0.05, 0.1) is 11.3 Å². The summed E-state index contributed by atoms with van der Waals surface area (Å²) in [6.45, 7) is 6.06. The van der Waals surface area contributed by atoms with E-state index in [1.807, 2.05) is 32.0 Å². The highest BCUT2D eigenvalue weighted by Gasteiger charge is 2.15. The highest BCUT2D eigenvalue weighted by Crippen LogP contribution is 2.24. The van der Waals surface area contributed by atoms with Crippen LogP contribution in [-0.2, 0) is 6.42 Å². The molecule has 3 rings (SSSR count). The van der Waals surface area contributed by atoms with Crippen molar-refractivity contribution >= 4 is 5.91 Å². The summed E-state index contributed by atoms with van der Waals surface area (Å²) in [5, 5.41) is 13.2. The van der Waals surface area contributed by atoms with E-state index in [2.05, 4.69) is 21.2 Å². The zero-order valence-corrected chi connectivity index (χ0v) is 16.4. The van der Waals surface area contributed by atoms with Crippen molar-refractivity contribution in [3.8, 4) is 17.3 Å². The van der Waals surface area contributed by atoms with Crippen LogP contribution >= 0.6 is 0 Å². The molecule has 0 spiro atoms. The summed E-state index contributed by atoms with van der Waals surface area (Å²) in [6, 6.07) is 11.2. The molecule has 0 aliphatic carbocycles. The minimum absolute atomic E-state index is 0.0969. The van der Waals surface area contributed by atoms with Crippen LogP contribution in [0.2, 0.25) is 0 Å². The fraction of sp³-hybridized carbons (Fsp3) is 0.286. The van der Waals surface area contributed by atoms with Crippen molar-refractivity contribution < 1.29 is 9.32 Å². The number of pyridine rings is 1. The summed E-state index contributed by atoms with van der Waals surface area (Å²) in [5.74, 6) is 0.994. The second-order valence-electron chi connectivity index (χ2n) is 6.68.